The number of hydrogen-bond acceptors (Lipinski definition) is 7. The smallest absolute Gasteiger partial charge is 0.161 e. The minimum Gasteiger partial charge on any atom is -0.493 e. The monoisotopic (exact) mass is 453 g/mol. The topological polar surface area (TPSA) is 77.8 Å². The van der Waals surface area contributed by atoms with E-state index >= 15 is 0 Å². The lowest BCUT2D eigenvalue weighted by Crippen LogP contribution is -2.33. The van der Waals surface area contributed by atoms with E-state index in [1.807, 2.05) is 60.3 Å². The van der Waals surface area contributed by atoms with Gasteiger partial charge in [-0.2, -0.15) is 5.10 Å². The van der Waals surface area contributed by atoms with Crippen molar-refractivity contribution in [2.45, 2.75) is 6.10 Å². The Kier molecular flexibility index (Phi) is 7.26. The summed E-state index contributed by atoms with van der Waals surface area (Å²) in [5.74, 6) is 2.11. The van der Waals surface area contributed by atoms with Gasteiger partial charge >= 0.3 is 0 Å². The van der Waals surface area contributed by atoms with E-state index in [0.717, 1.165) is 21.5 Å². The average molecular weight is 454 g/mol. The number of benzene rings is 2. The molecule has 2 N–H and O–H groups in total. The number of aliphatic hydroxyl groups is 1. The third-order valence-electron chi connectivity index (χ3n) is 4.99. The van der Waals surface area contributed by atoms with Crippen molar-refractivity contribution in [2.24, 2.45) is 7.05 Å². The van der Waals surface area contributed by atoms with Crippen LogP contribution in [0.1, 0.15) is 0 Å². The first-order valence-electron chi connectivity index (χ1n) is 10.4. The zero-order valence-electron chi connectivity index (χ0n) is 18.2. The van der Waals surface area contributed by atoms with Crippen LogP contribution in [0.3, 0.4) is 0 Å². The summed E-state index contributed by atoms with van der Waals surface area (Å²) in [6.45, 7) is 1.67. The maximum absolute atomic E-state index is 10.2. The molecule has 0 bridgehead atoms. The molecule has 0 aliphatic rings. The number of nitrogens with zero attached hydrogens (tertiary/aromatic N) is 2. The molecule has 2 heterocycles. The Labute approximate surface area is 191 Å². The highest BCUT2D eigenvalue weighted by Gasteiger charge is 2.13. The Morgan fingerprint density at radius 1 is 1.09 bits per heavy atom. The van der Waals surface area contributed by atoms with E-state index in [2.05, 4.69) is 21.9 Å². The van der Waals surface area contributed by atoms with Crippen LogP contribution < -0.4 is 19.5 Å². The Hall–Kier alpha value is -3.07. The molecule has 8 heteroatoms. The van der Waals surface area contributed by atoms with E-state index in [1.165, 1.54) is 0 Å². The van der Waals surface area contributed by atoms with Gasteiger partial charge in [0, 0.05) is 25.7 Å². The van der Waals surface area contributed by atoms with E-state index in [4.69, 9.17) is 14.2 Å². The van der Waals surface area contributed by atoms with Crippen molar-refractivity contribution in [3.8, 4) is 28.5 Å². The quantitative estimate of drug-likeness (QED) is 0.337. The Morgan fingerprint density at radius 3 is 2.78 bits per heavy atom. The van der Waals surface area contributed by atoms with Crippen molar-refractivity contribution in [1.29, 1.82) is 0 Å². The van der Waals surface area contributed by atoms with E-state index in [-0.39, 0.29) is 6.61 Å². The molecule has 2 aromatic heterocycles. The second-order valence-corrected chi connectivity index (χ2v) is 8.22. The van der Waals surface area contributed by atoms with Gasteiger partial charge in [0.1, 0.15) is 30.8 Å². The summed E-state index contributed by atoms with van der Waals surface area (Å²) in [5, 5.41) is 20.1. The van der Waals surface area contributed by atoms with Crippen molar-refractivity contribution in [3.63, 3.8) is 0 Å². The standard InChI is InChI=1S/C24H27N3O4S/c1-27-20-10-13-32-24(20)23(26-27)17-6-5-7-19(14-17)31-16-18(28)15-25-11-12-30-22-9-4-3-8-21(22)29-2/h3-10,13-14,18,25,28H,11-12,15-16H2,1-2H3. The summed E-state index contributed by atoms with van der Waals surface area (Å²) in [5.41, 5.74) is 3.06. The van der Waals surface area contributed by atoms with Crippen LogP contribution in [-0.2, 0) is 7.05 Å². The van der Waals surface area contributed by atoms with Gasteiger partial charge in [0.05, 0.1) is 17.3 Å². The lowest BCUT2D eigenvalue weighted by Gasteiger charge is -2.14. The van der Waals surface area contributed by atoms with Crippen LogP contribution in [0, 0.1) is 0 Å². The predicted octanol–water partition coefficient (Wildman–Crippen LogP) is 3.72. The largest absolute Gasteiger partial charge is 0.493 e. The number of thiophene rings is 1. The van der Waals surface area contributed by atoms with Gasteiger partial charge in [0.15, 0.2) is 11.5 Å². The van der Waals surface area contributed by atoms with Crippen LogP contribution >= 0.6 is 11.3 Å². The van der Waals surface area contributed by atoms with E-state index in [9.17, 15) is 5.11 Å². The fourth-order valence-corrected chi connectivity index (χ4v) is 4.32. The van der Waals surface area contributed by atoms with Crippen LogP contribution in [0.25, 0.3) is 21.5 Å². The molecule has 0 fully saturated rings. The average Bonchev–Trinajstić information content (AvgIpc) is 3.42. The zero-order chi connectivity index (χ0) is 22.3. The SMILES string of the molecule is COc1ccccc1OCCNCC(O)COc1cccc(-c2nn(C)c3ccsc23)c1. The number of nitrogens with one attached hydrogen (secondary N) is 1. The first-order chi connectivity index (χ1) is 15.7. The maximum atomic E-state index is 10.2. The summed E-state index contributed by atoms with van der Waals surface area (Å²) in [6.07, 6.45) is -0.635. The molecule has 1 unspecified atom stereocenters. The van der Waals surface area contributed by atoms with Gasteiger partial charge in [0.25, 0.3) is 0 Å². The molecule has 168 valence electrons. The number of hydrogen-bond donors (Lipinski definition) is 2. The molecule has 0 radical (unpaired) electrons. The summed E-state index contributed by atoms with van der Waals surface area (Å²) < 4.78 is 19.8. The Balaban J connectivity index is 1.23. The highest BCUT2D eigenvalue weighted by molar-refractivity contribution is 7.17. The number of aliphatic hydroxyl groups excluding tert-OH is 1. The lowest BCUT2D eigenvalue weighted by molar-refractivity contribution is 0.105. The molecule has 0 aliphatic heterocycles. The second kappa shape index (κ2) is 10.5. The van der Waals surface area contributed by atoms with Crippen molar-refractivity contribution >= 4 is 21.6 Å². The lowest BCUT2D eigenvalue weighted by atomic mass is 10.1. The highest BCUT2D eigenvalue weighted by atomic mass is 32.1. The molecular weight excluding hydrogens is 426 g/mol. The van der Waals surface area contributed by atoms with Gasteiger partial charge in [-0.05, 0) is 35.7 Å². The van der Waals surface area contributed by atoms with Gasteiger partial charge in [-0.1, -0.05) is 24.3 Å². The van der Waals surface area contributed by atoms with Crippen molar-refractivity contribution in [1.82, 2.24) is 15.1 Å². The molecule has 0 spiro atoms. The number of ether oxygens (including phenoxy) is 3. The van der Waals surface area contributed by atoms with Gasteiger partial charge in [-0.3, -0.25) is 4.68 Å². The summed E-state index contributed by atoms with van der Waals surface area (Å²) in [6, 6.07) is 17.4. The summed E-state index contributed by atoms with van der Waals surface area (Å²) >= 11 is 1.68. The van der Waals surface area contributed by atoms with Gasteiger partial charge in [-0.15, -0.1) is 11.3 Å². The van der Waals surface area contributed by atoms with Crippen LogP contribution in [0.2, 0.25) is 0 Å². The van der Waals surface area contributed by atoms with Crippen LogP contribution in [0.15, 0.2) is 60.0 Å². The molecule has 0 aliphatic carbocycles. The highest BCUT2D eigenvalue weighted by Crippen LogP contribution is 2.33. The molecule has 4 rings (SSSR count). The first-order valence-corrected chi connectivity index (χ1v) is 11.3. The molecule has 32 heavy (non-hydrogen) atoms. The molecular formula is C24H27N3O4S. The Bertz CT molecular complexity index is 1160. The summed E-state index contributed by atoms with van der Waals surface area (Å²) in [7, 11) is 3.56. The summed E-state index contributed by atoms with van der Waals surface area (Å²) in [4.78, 5) is 0. The van der Waals surface area contributed by atoms with E-state index in [1.54, 1.807) is 18.4 Å². The third kappa shape index (κ3) is 5.21. The normalized spacial score (nSPS) is 12.1. The predicted molar refractivity (Wildman–Crippen MR) is 127 cm³/mol. The van der Waals surface area contributed by atoms with Crippen molar-refractivity contribution in [2.75, 3.05) is 33.4 Å². The fourth-order valence-electron chi connectivity index (χ4n) is 3.40. The van der Waals surface area contributed by atoms with Crippen molar-refractivity contribution < 1.29 is 19.3 Å². The zero-order valence-corrected chi connectivity index (χ0v) is 19.0. The second-order valence-electron chi connectivity index (χ2n) is 7.30. The molecule has 0 saturated carbocycles. The number of aromatic nitrogens is 2. The van der Waals surface area contributed by atoms with Crippen LogP contribution in [0.4, 0.5) is 0 Å². The van der Waals surface area contributed by atoms with Gasteiger partial charge in [-0.25, -0.2) is 0 Å². The van der Waals surface area contributed by atoms with Crippen molar-refractivity contribution in [3.05, 3.63) is 60.0 Å². The number of methoxy groups -OCH3 is 1. The minimum atomic E-state index is -0.635. The van der Waals surface area contributed by atoms with Gasteiger partial charge in [0.2, 0.25) is 0 Å². The number of fused-ring (bicyclic) bond motifs is 1. The first kappa shape index (κ1) is 22.1. The number of aryl methyl sites for hydroxylation is 1. The number of para-hydroxylation sites is 2. The van der Waals surface area contributed by atoms with Gasteiger partial charge < -0.3 is 24.6 Å². The van der Waals surface area contributed by atoms with E-state index < -0.39 is 6.10 Å². The maximum Gasteiger partial charge on any atom is 0.161 e. The van der Waals surface area contributed by atoms with Crippen LogP contribution in [0.5, 0.6) is 17.2 Å². The molecule has 0 saturated heterocycles. The molecule has 1 atom stereocenters. The molecule has 4 aromatic rings. The molecule has 7 nitrogen and oxygen atoms in total. The number of rotatable bonds is 11. The third-order valence-corrected chi connectivity index (χ3v) is 5.90. The van der Waals surface area contributed by atoms with Crippen LogP contribution in [-0.4, -0.2) is 54.4 Å². The minimum absolute atomic E-state index is 0.195. The Morgan fingerprint density at radius 2 is 1.94 bits per heavy atom. The molecule has 0 amide bonds. The van der Waals surface area contributed by atoms with E-state index in [0.29, 0.717) is 36.9 Å². The molecule has 2 aromatic carbocycles. The fraction of sp³-hybridized carbons (Fsp3) is 0.292.